The minimum atomic E-state index is -0.423. The highest BCUT2D eigenvalue weighted by Gasteiger charge is 2.19. The number of hydrogen-bond donors (Lipinski definition) is 2. The Hall–Kier alpha value is -4.18. The fourth-order valence-corrected chi connectivity index (χ4v) is 3.88. The van der Waals surface area contributed by atoms with Crippen LogP contribution >= 0.6 is 11.5 Å². The zero-order valence-corrected chi connectivity index (χ0v) is 17.0. The molecule has 5 rings (SSSR count). The van der Waals surface area contributed by atoms with Gasteiger partial charge in [0.25, 0.3) is 0 Å². The van der Waals surface area contributed by atoms with E-state index in [0.717, 1.165) is 10.9 Å². The molecule has 2 heterocycles. The monoisotopic (exact) mass is 429 g/mol. The Balaban J connectivity index is 1.64. The summed E-state index contributed by atoms with van der Waals surface area (Å²) in [4.78, 5) is 0. The van der Waals surface area contributed by atoms with Gasteiger partial charge in [-0.05, 0) is 23.7 Å². The first-order chi connectivity index (χ1) is 15.1. The summed E-state index contributed by atoms with van der Waals surface area (Å²) < 4.78 is 5.89. The van der Waals surface area contributed by atoms with Crippen LogP contribution in [0.15, 0.2) is 81.3 Å². The third-order valence-corrected chi connectivity index (χ3v) is 5.53. The Bertz CT molecular complexity index is 1490. The van der Waals surface area contributed by atoms with Gasteiger partial charge >= 0.3 is 0 Å². The SMILES string of the molecule is Cn1nccc1/N=N/c1c(O)c(O)c(/N=N/c2snc3ccccc23)c2ccccc12. The Morgan fingerprint density at radius 2 is 1.39 bits per heavy atom. The van der Waals surface area contributed by atoms with E-state index in [0.29, 0.717) is 21.6 Å². The summed E-state index contributed by atoms with van der Waals surface area (Å²) in [6, 6.07) is 16.4. The molecule has 0 unspecified atom stereocenters. The average Bonchev–Trinajstić information content (AvgIpc) is 3.40. The van der Waals surface area contributed by atoms with E-state index in [1.807, 2.05) is 30.3 Å². The first-order valence-electron chi connectivity index (χ1n) is 9.26. The fourth-order valence-electron chi connectivity index (χ4n) is 3.19. The largest absolute Gasteiger partial charge is 0.503 e. The number of aromatic hydroxyl groups is 2. The highest BCUT2D eigenvalue weighted by atomic mass is 32.1. The molecule has 152 valence electrons. The lowest BCUT2D eigenvalue weighted by atomic mass is 10.1. The molecule has 0 spiro atoms. The van der Waals surface area contributed by atoms with E-state index in [9.17, 15) is 10.2 Å². The zero-order chi connectivity index (χ0) is 21.4. The molecular formula is C21H15N7O2S. The first-order valence-corrected chi connectivity index (χ1v) is 10.0. The molecule has 31 heavy (non-hydrogen) atoms. The van der Waals surface area contributed by atoms with E-state index in [4.69, 9.17) is 0 Å². The number of aromatic nitrogens is 3. The summed E-state index contributed by atoms with van der Waals surface area (Å²) in [5.74, 6) is -0.341. The van der Waals surface area contributed by atoms with Crippen LogP contribution in [0.3, 0.4) is 0 Å². The third kappa shape index (κ3) is 3.28. The molecular weight excluding hydrogens is 414 g/mol. The van der Waals surface area contributed by atoms with Crippen molar-refractivity contribution < 1.29 is 10.2 Å². The maximum absolute atomic E-state index is 10.7. The van der Waals surface area contributed by atoms with E-state index in [2.05, 4.69) is 29.9 Å². The van der Waals surface area contributed by atoms with Crippen molar-refractivity contribution in [3.05, 3.63) is 60.8 Å². The fraction of sp³-hybridized carbons (Fsp3) is 0.0476. The topological polar surface area (TPSA) is 121 Å². The number of azo groups is 2. The number of aryl methyl sites for hydroxylation is 1. The van der Waals surface area contributed by atoms with Crippen molar-refractivity contribution in [2.75, 3.05) is 0 Å². The van der Waals surface area contributed by atoms with Crippen LogP contribution in [0.5, 0.6) is 11.5 Å². The zero-order valence-electron chi connectivity index (χ0n) is 16.2. The van der Waals surface area contributed by atoms with Crippen molar-refractivity contribution in [2.24, 2.45) is 27.5 Å². The van der Waals surface area contributed by atoms with E-state index < -0.39 is 11.5 Å². The standard InChI is InChI=1S/C21H15N7O2S/c1-28-16(10-11-22-28)23-24-17-12-6-2-3-7-13(12)18(20(30)19(17)29)25-26-21-14-8-4-5-9-15(14)27-31-21/h2-11,29-30H,1H3/b24-23+,26-25+. The molecule has 0 aliphatic carbocycles. The Kier molecular flexibility index (Phi) is 4.60. The Labute approximate surface area is 179 Å². The van der Waals surface area contributed by atoms with Gasteiger partial charge in [-0.3, -0.25) is 0 Å². The molecule has 10 heteroatoms. The molecule has 5 aromatic rings. The molecule has 0 fully saturated rings. The third-order valence-electron chi connectivity index (χ3n) is 4.76. The number of benzene rings is 3. The van der Waals surface area contributed by atoms with Gasteiger partial charge < -0.3 is 10.2 Å². The van der Waals surface area contributed by atoms with Crippen LogP contribution in [-0.2, 0) is 7.05 Å². The number of nitrogens with zero attached hydrogens (tertiary/aromatic N) is 7. The van der Waals surface area contributed by atoms with Gasteiger partial charge in [0.1, 0.15) is 11.4 Å². The predicted octanol–water partition coefficient (Wildman–Crippen LogP) is 6.43. The predicted molar refractivity (Wildman–Crippen MR) is 118 cm³/mol. The van der Waals surface area contributed by atoms with Crippen molar-refractivity contribution in [1.82, 2.24) is 14.2 Å². The second kappa shape index (κ2) is 7.58. The van der Waals surface area contributed by atoms with Crippen LogP contribution in [0.2, 0.25) is 0 Å². The number of rotatable bonds is 4. The van der Waals surface area contributed by atoms with Crippen LogP contribution in [-0.4, -0.2) is 24.4 Å². The van der Waals surface area contributed by atoms with Crippen molar-refractivity contribution >= 4 is 55.4 Å². The van der Waals surface area contributed by atoms with Gasteiger partial charge in [0.2, 0.25) is 0 Å². The molecule has 3 aromatic carbocycles. The summed E-state index contributed by atoms with van der Waals surface area (Å²) in [6.45, 7) is 0. The number of hydrogen-bond acceptors (Lipinski definition) is 9. The van der Waals surface area contributed by atoms with Gasteiger partial charge in [-0.25, -0.2) is 4.68 Å². The van der Waals surface area contributed by atoms with Crippen LogP contribution in [0.25, 0.3) is 21.7 Å². The molecule has 2 N–H and O–H groups in total. The molecule has 0 saturated carbocycles. The maximum atomic E-state index is 10.7. The molecule has 0 saturated heterocycles. The molecule has 0 bridgehead atoms. The Morgan fingerprint density at radius 1 is 0.774 bits per heavy atom. The van der Waals surface area contributed by atoms with Crippen molar-refractivity contribution in [3.8, 4) is 11.5 Å². The van der Waals surface area contributed by atoms with Crippen molar-refractivity contribution in [3.63, 3.8) is 0 Å². The van der Waals surface area contributed by atoms with Crippen LogP contribution in [0.4, 0.5) is 22.2 Å². The van der Waals surface area contributed by atoms with E-state index in [-0.39, 0.29) is 11.4 Å². The van der Waals surface area contributed by atoms with Gasteiger partial charge in [-0.2, -0.15) is 9.47 Å². The summed E-state index contributed by atoms with van der Waals surface area (Å²) in [6.07, 6.45) is 1.59. The smallest absolute Gasteiger partial charge is 0.188 e. The molecule has 9 nitrogen and oxygen atoms in total. The summed E-state index contributed by atoms with van der Waals surface area (Å²) in [5, 5.41) is 44.9. The van der Waals surface area contributed by atoms with E-state index in [1.165, 1.54) is 11.5 Å². The molecule has 0 atom stereocenters. The first kappa shape index (κ1) is 18.8. The van der Waals surface area contributed by atoms with Gasteiger partial charge in [-0.15, -0.1) is 20.5 Å². The lowest BCUT2D eigenvalue weighted by Crippen LogP contribution is -1.87. The van der Waals surface area contributed by atoms with Gasteiger partial charge in [0, 0.05) is 29.3 Å². The second-order valence-corrected chi connectivity index (χ2v) is 7.41. The normalized spacial score (nSPS) is 12.0. The lowest BCUT2D eigenvalue weighted by molar-refractivity contribution is 0.406. The number of phenolic OH excluding ortho intramolecular Hbond substituents is 2. The quantitative estimate of drug-likeness (QED) is 0.253. The van der Waals surface area contributed by atoms with Gasteiger partial charge in [0.05, 0.1) is 11.7 Å². The number of phenols is 2. The van der Waals surface area contributed by atoms with Crippen LogP contribution in [0.1, 0.15) is 0 Å². The molecule has 0 aliphatic heterocycles. The lowest BCUT2D eigenvalue weighted by Gasteiger charge is -2.09. The highest BCUT2D eigenvalue weighted by molar-refractivity contribution is 7.11. The maximum Gasteiger partial charge on any atom is 0.188 e. The molecule has 0 amide bonds. The van der Waals surface area contributed by atoms with Gasteiger partial charge in [-0.1, -0.05) is 36.4 Å². The Morgan fingerprint density at radius 3 is 2.03 bits per heavy atom. The molecule has 0 radical (unpaired) electrons. The minimum absolute atomic E-state index is 0.136. The molecule has 0 aliphatic rings. The summed E-state index contributed by atoms with van der Waals surface area (Å²) in [5.41, 5.74) is 1.10. The van der Waals surface area contributed by atoms with Crippen LogP contribution < -0.4 is 0 Å². The second-order valence-electron chi connectivity index (χ2n) is 6.66. The minimum Gasteiger partial charge on any atom is -0.503 e. The van der Waals surface area contributed by atoms with E-state index in [1.54, 1.807) is 42.2 Å². The van der Waals surface area contributed by atoms with Crippen molar-refractivity contribution in [2.45, 2.75) is 0 Å². The van der Waals surface area contributed by atoms with Crippen LogP contribution in [0, 0.1) is 0 Å². The molecule has 2 aromatic heterocycles. The summed E-state index contributed by atoms with van der Waals surface area (Å²) >= 11 is 1.21. The van der Waals surface area contributed by atoms with E-state index >= 15 is 0 Å². The van der Waals surface area contributed by atoms with Crippen molar-refractivity contribution in [1.29, 1.82) is 0 Å². The van der Waals surface area contributed by atoms with Gasteiger partial charge in [0.15, 0.2) is 22.3 Å². The summed E-state index contributed by atoms with van der Waals surface area (Å²) in [7, 11) is 1.73. The average molecular weight is 429 g/mol. The highest BCUT2D eigenvalue weighted by Crippen LogP contribution is 2.50. The number of fused-ring (bicyclic) bond motifs is 2.